The van der Waals surface area contributed by atoms with Crippen molar-refractivity contribution in [3.05, 3.63) is 39.7 Å². The highest BCUT2D eigenvalue weighted by atomic mass is 79.9. The van der Waals surface area contributed by atoms with Crippen LogP contribution in [0, 0.1) is 23.6 Å². The third-order valence-electron chi connectivity index (χ3n) is 4.87. The van der Waals surface area contributed by atoms with Gasteiger partial charge in [-0.15, -0.1) is 4.37 Å². The first-order valence-electron chi connectivity index (χ1n) is 8.31. The molecule has 3 aliphatic rings. The lowest BCUT2D eigenvalue weighted by Gasteiger charge is -2.44. The van der Waals surface area contributed by atoms with Crippen LogP contribution in [0.3, 0.4) is 0 Å². The van der Waals surface area contributed by atoms with E-state index in [-0.39, 0.29) is 12.4 Å². The fourth-order valence-electron chi connectivity index (χ4n) is 3.66. The summed E-state index contributed by atoms with van der Waals surface area (Å²) in [6, 6.07) is 4.59. The number of nitrogens with zero attached hydrogens (tertiary/aromatic N) is 3. The Kier molecular flexibility index (Phi) is 5.02. The van der Waals surface area contributed by atoms with Gasteiger partial charge in [-0.1, -0.05) is 27.8 Å². The third kappa shape index (κ3) is 3.86. The van der Waals surface area contributed by atoms with Gasteiger partial charge >= 0.3 is 0 Å². The van der Waals surface area contributed by atoms with Crippen molar-refractivity contribution in [1.29, 1.82) is 0 Å². The predicted octanol–water partition coefficient (Wildman–Crippen LogP) is 3.68. The minimum Gasteiger partial charge on any atom is -0.463 e. The van der Waals surface area contributed by atoms with Crippen molar-refractivity contribution in [3.63, 3.8) is 0 Å². The van der Waals surface area contributed by atoms with Crippen LogP contribution in [0.25, 0.3) is 0 Å². The highest BCUT2D eigenvalue weighted by Crippen LogP contribution is 2.41. The molecule has 7 heteroatoms. The average Bonchev–Trinajstić information content (AvgIpc) is 3.07. The van der Waals surface area contributed by atoms with Crippen LogP contribution in [0.5, 0.6) is 5.88 Å². The van der Waals surface area contributed by atoms with Crippen molar-refractivity contribution in [2.75, 3.05) is 26.2 Å². The Morgan fingerprint density at radius 3 is 2.84 bits per heavy atom. The monoisotopic (exact) mass is 421 g/mol. The van der Waals surface area contributed by atoms with Gasteiger partial charge in [-0.05, 0) is 50.0 Å². The molecule has 4 nitrogen and oxygen atoms in total. The quantitative estimate of drug-likeness (QED) is 0.708. The summed E-state index contributed by atoms with van der Waals surface area (Å²) in [6.45, 7) is 3.66. The van der Waals surface area contributed by atoms with Crippen LogP contribution >= 0.6 is 27.7 Å². The lowest BCUT2D eigenvalue weighted by molar-refractivity contribution is 0.0843. The molecule has 1 aromatic carbocycles. The maximum Gasteiger partial charge on any atom is 0.250 e. The fraction of sp³-hybridized carbons (Fsp3) is 0.444. The van der Waals surface area contributed by atoms with Crippen LogP contribution < -0.4 is 4.74 Å². The van der Waals surface area contributed by atoms with E-state index in [1.54, 1.807) is 6.07 Å². The number of benzene rings is 1. The molecule has 0 spiro atoms. The van der Waals surface area contributed by atoms with Crippen molar-refractivity contribution in [1.82, 2.24) is 13.6 Å². The van der Waals surface area contributed by atoms with Crippen molar-refractivity contribution >= 4 is 27.7 Å². The molecule has 130 valence electrons. The molecule has 0 N–H and O–H groups in total. The van der Waals surface area contributed by atoms with Crippen LogP contribution in [0.2, 0.25) is 0 Å². The molecule has 0 radical (unpaired) electrons. The van der Waals surface area contributed by atoms with Crippen molar-refractivity contribution in [3.8, 4) is 17.7 Å². The summed E-state index contributed by atoms with van der Waals surface area (Å²) in [5.74, 6) is 7.25. The predicted molar refractivity (Wildman–Crippen MR) is 98.3 cm³/mol. The molecule has 0 amide bonds. The van der Waals surface area contributed by atoms with Gasteiger partial charge in [-0.3, -0.25) is 0 Å². The Labute approximate surface area is 158 Å². The Morgan fingerprint density at radius 1 is 1.28 bits per heavy atom. The summed E-state index contributed by atoms with van der Waals surface area (Å²) >= 11 is 4.46. The van der Waals surface area contributed by atoms with Gasteiger partial charge in [-0.2, -0.15) is 4.37 Å². The van der Waals surface area contributed by atoms with E-state index in [9.17, 15) is 4.39 Å². The number of ether oxygens (including phenoxy) is 1. The lowest BCUT2D eigenvalue weighted by atomic mass is 9.77. The minimum atomic E-state index is -0.312. The molecule has 2 bridgehead atoms. The molecule has 3 fully saturated rings. The highest BCUT2D eigenvalue weighted by molar-refractivity contribution is 9.10. The van der Waals surface area contributed by atoms with Crippen LogP contribution in [0.4, 0.5) is 4.39 Å². The number of fused-ring (bicyclic) bond motifs is 3. The van der Waals surface area contributed by atoms with E-state index in [1.165, 1.54) is 49.8 Å². The Hall–Kier alpha value is -1.49. The topological polar surface area (TPSA) is 38.3 Å². The summed E-state index contributed by atoms with van der Waals surface area (Å²) in [7, 11) is 0. The molecule has 3 aliphatic heterocycles. The molecule has 0 unspecified atom stereocenters. The van der Waals surface area contributed by atoms with E-state index < -0.39 is 0 Å². The summed E-state index contributed by atoms with van der Waals surface area (Å²) in [6.07, 6.45) is 2.46. The van der Waals surface area contributed by atoms with Gasteiger partial charge in [-0.25, -0.2) is 4.39 Å². The zero-order chi connectivity index (χ0) is 17.2. The molecule has 2 aromatic rings. The number of hydrogen-bond acceptors (Lipinski definition) is 5. The normalized spacial score (nSPS) is 24.6. The molecule has 25 heavy (non-hydrogen) atoms. The van der Waals surface area contributed by atoms with Gasteiger partial charge in [0.15, 0.2) is 6.61 Å². The first-order valence-corrected chi connectivity index (χ1v) is 9.84. The SMILES string of the molecule is Fc1cc(Br)cc(C#CCOc2nsnc2[C@@H]2CN3CCC2CC3)c1. The largest absolute Gasteiger partial charge is 0.463 e. The molecular formula is C18H17BrFN3OS. The maximum atomic E-state index is 13.3. The standard InChI is InChI=1S/C18H17BrFN3OS/c19-14-8-12(9-15(20)10-14)2-1-7-24-18-17(21-25-22-18)16-11-23-5-3-13(16)4-6-23/h8-10,13,16H,3-7,11H2/t16-/m1/s1. The Balaban J connectivity index is 1.41. The summed E-state index contributed by atoms with van der Waals surface area (Å²) in [5, 5.41) is 0. The van der Waals surface area contributed by atoms with E-state index >= 15 is 0 Å². The van der Waals surface area contributed by atoms with E-state index in [0.29, 0.717) is 27.8 Å². The number of halogens is 2. The van der Waals surface area contributed by atoms with Gasteiger partial charge in [0.25, 0.3) is 0 Å². The first-order chi connectivity index (χ1) is 12.2. The van der Waals surface area contributed by atoms with Crippen LogP contribution in [-0.2, 0) is 0 Å². The first kappa shape index (κ1) is 17.0. The number of rotatable bonds is 3. The van der Waals surface area contributed by atoms with Crippen LogP contribution in [0.15, 0.2) is 22.7 Å². The van der Waals surface area contributed by atoms with Gasteiger partial charge in [0.1, 0.15) is 11.5 Å². The highest BCUT2D eigenvalue weighted by Gasteiger charge is 2.38. The zero-order valence-electron chi connectivity index (χ0n) is 13.5. The van der Waals surface area contributed by atoms with Gasteiger partial charge < -0.3 is 9.64 Å². The molecule has 1 atom stereocenters. The molecule has 5 rings (SSSR count). The lowest BCUT2D eigenvalue weighted by Crippen LogP contribution is -2.46. The van der Waals surface area contributed by atoms with E-state index in [4.69, 9.17) is 4.74 Å². The molecule has 0 aliphatic carbocycles. The number of aromatic nitrogens is 2. The van der Waals surface area contributed by atoms with Crippen molar-refractivity contribution in [2.24, 2.45) is 5.92 Å². The van der Waals surface area contributed by atoms with Gasteiger partial charge in [0.2, 0.25) is 5.88 Å². The third-order valence-corrected chi connectivity index (χ3v) is 5.85. The van der Waals surface area contributed by atoms with Crippen LogP contribution in [0.1, 0.15) is 30.0 Å². The number of hydrogen-bond donors (Lipinski definition) is 0. The van der Waals surface area contributed by atoms with Crippen LogP contribution in [-0.4, -0.2) is 39.9 Å². The average molecular weight is 422 g/mol. The van der Waals surface area contributed by atoms with E-state index in [2.05, 4.69) is 41.4 Å². The molecule has 3 saturated heterocycles. The second-order valence-electron chi connectivity index (χ2n) is 6.45. The van der Waals surface area contributed by atoms with E-state index in [1.807, 2.05) is 0 Å². The van der Waals surface area contributed by atoms with E-state index in [0.717, 1.165) is 12.2 Å². The Bertz CT molecular complexity index is 803. The molecule has 1 aromatic heterocycles. The van der Waals surface area contributed by atoms with Gasteiger partial charge in [0, 0.05) is 22.5 Å². The molecule has 4 heterocycles. The summed E-state index contributed by atoms with van der Waals surface area (Å²) < 4.78 is 28.6. The maximum absolute atomic E-state index is 13.3. The smallest absolute Gasteiger partial charge is 0.250 e. The van der Waals surface area contributed by atoms with Gasteiger partial charge in [0.05, 0.1) is 11.7 Å². The van der Waals surface area contributed by atoms with Crippen molar-refractivity contribution in [2.45, 2.75) is 18.8 Å². The summed E-state index contributed by atoms with van der Waals surface area (Å²) in [5.41, 5.74) is 1.60. The second kappa shape index (κ2) is 7.40. The number of piperidine rings is 3. The Morgan fingerprint density at radius 2 is 2.12 bits per heavy atom. The molecular weight excluding hydrogens is 405 g/mol. The summed E-state index contributed by atoms with van der Waals surface area (Å²) in [4.78, 5) is 2.50. The minimum absolute atomic E-state index is 0.216. The molecule has 0 saturated carbocycles. The van der Waals surface area contributed by atoms with Crippen molar-refractivity contribution < 1.29 is 9.13 Å². The second-order valence-corrected chi connectivity index (χ2v) is 7.89. The fourth-order valence-corrected chi connectivity index (χ4v) is 4.69. The zero-order valence-corrected chi connectivity index (χ0v) is 15.9.